The molecule has 2 aliphatic rings. The topological polar surface area (TPSA) is 15.3 Å². The van der Waals surface area contributed by atoms with Crippen molar-refractivity contribution in [1.29, 1.82) is 0 Å². The molecule has 0 aromatic carbocycles. The lowest BCUT2D eigenvalue weighted by molar-refractivity contribution is 0.232. The fourth-order valence-electron chi connectivity index (χ4n) is 2.66. The Bertz CT molecular complexity index is 201. The first-order chi connectivity index (χ1) is 7.79. The van der Waals surface area contributed by atoms with Gasteiger partial charge in [-0.15, -0.1) is 0 Å². The monoisotopic (exact) mass is 224 g/mol. The average Bonchev–Trinajstić information content (AvgIpc) is 3.12. The minimum absolute atomic E-state index is 0.728. The van der Waals surface area contributed by atoms with Crippen molar-refractivity contribution >= 4 is 0 Å². The third-order valence-corrected chi connectivity index (χ3v) is 4.39. The Labute approximate surface area is 101 Å². The fraction of sp³-hybridized carbons (Fsp3) is 1.00. The zero-order chi connectivity index (χ0) is 11.4. The van der Waals surface area contributed by atoms with Gasteiger partial charge in [-0.1, -0.05) is 33.1 Å². The van der Waals surface area contributed by atoms with Crippen LogP contribution < -0.4 is 5.32 Å². The van der Waals surface area contributed by atoms with E-state index in [1.165, 1.54) is 58.3 Å². The van der Waals surface area contributed by atoms with Gasteiger partial charge in [0.2, 0.25) is 0 Å². The summed E-state index contributed by atoms with van der Waals surface area (Å²) in [7, 11) is 0. The van der Waals surface area contributed by atoms with Crippen LogP contribution in [0.4, 0.5) is 0 Å². The molecular formula is C14H28N2. The van der Waals surface area contributed by atoms with E-state index in [-0.39, 0.29) is 0 Å². The Morgan fingerprint density at radius 3 is 2.88 bits per heavy atom. The molecule has 1 saturated heterocycles. The van der Waals surface area contributed by atoms with E-state index >= 15 is 0 Å². The highest BCUT2D eigenvalue weighted by molar-refractivity contribution is 4.82. The molecule has 16 heavy (non-hydrogen) atoms. The normalized spacial score (nSPS) is 30.0. The second-order valence-corrected chi connectivity index (χ2v) is 5.83. The Morgan fingerprint density at radius 2 is 2.19 bits per heavy atom. The molecule has 2 rings (SSSR count). The predicted octanol–water partition coefficient (Wildman–Crippen LogP) is 2.50. The number of hydrogen-bond donors (Lipinski definition) is 1. The predicted molar refractivity (Wildman–Crippen MR) is 69.6 cm³/mol. The van der Waals surface area contributed by atoms with E-state index < -0.39 is 0 Å². The molecule has 2 nitrogen and oxygen atoms in total. The number of nitrogens with zero attached hydrogens (tertiary/aromatic N) is 1. The summed E-state index contributed by atoms with van der Waals surface area (Å²) >= 11 is 0. The Balaban J connectivity index is 1.76. The van der Waals surface area contributed by atoms with Gasteiger partial charge in [0.15, 0.2) is 0 Å². The molecule has 2 heteroatoms. The number of nitrogens with one attached hydrogen (secondary N) is 1. The molecule has 1 saturated carbocycles. The molecule has 1 aliphatic carbocycles. The minimum Gasteiger partial charge on any atom is -0.312 e. The summed E-state index contributed by atoms with van der Waals surface area (Å²) in [5, 5.41) is 3.72. The molecule has 2 unspecified atom stereocenters. The van der Waals surface area contributed by atoms with Crippen LogP contribution >= 0.6 is 0 Å². The first-order valence-corrected chi connectivity index (χ1v) is 7.25. The molecule has 0 spiro atoms. The summed E-state index contributed by atoms with van der Waals surface area (Å²) in [6.07, 6.45) is 7.08. The van der Waals surface area contributed by atoms with Crippen molar-refractivity contribution in [2.24, 2.45) is 11.8 Å². The molecule has 1 heterocycles. The summed E-state index contributed by atoms with van der Waals surface area (Å²) in [6.45, 7) is 9.86. The summed E-state index contributed by atoms with van der Waals surface area (Å²) in [5.74, 6) is 1.90. The van der Waals surface area contributed by atoms with Crippen LogP contribution in [0.5, 0.6) is 0 Å². The third-order valence-electron chi connectivity index (χ3n) is 4.39. The summed E-state index contributed by atoms with van der Waals surface area (Å²) in [5.41, 5.74) is 0. The van der Waals surface area contributed by atoms with Gasteiger partial charge in [-0.2, -0.15) is 0 Å². The smallest absolute Gasteiger partial charge is 0.0220 e. The van der Waals surface area contributed by atoms with Gasteiger partial charge in [-0.3, -0.25) is 0 Å². The lowest BCUT2D eigenvalue weighted by atomic mass is 9.99. The zero-order valence-electron chi connectivity index (χ0n) is 11.0. The largest absolute Gasteiger partial charge is 0.312 e. The van der Waals surface area contributed by atoms with Crippen LogP contribution in [0.3, 0.4) is 0 Å². The molecule has 0 bridgehead atoms. The third kappa shape index (κ3) is 3.74. The van der Waals surface area contributed by atoms with Crippen LogP contribution in [0.2, 0.25) is 0 Å². The van der Waals surface area contributed by atoms with Crippen LogP contribution in [0, 0.1) is 11.8 Å². The molecule has 94 valence electrons. The van der Waals surface area contributed by atoms with Crippen molar-refractivity contribution in [3.8, 4) is 0 Å². The summed E-state index contributed by atoms with van der Waals surface area (Å²) in [6, 6.07) is 0.728. The van der Waals surface area contributed by atoms with Gasteiger partial charge in [-0.25, -0.2) is 0 Å². The van der Waals surface area contributed by atoms with Gasteiger partial charge in [0, 0.05) is 12.6 Å². The van der Waals surface area contributed by atoms with Gasteiger partial charge in [-0.05, 0) is 44.3 Å². The minimum atomic E-state index is 0.728. The zero-order valence-corrected chi connectivity index (χ0v) is 11.0. The van der Waals surface area contributed by atoms with E-state index in [0.717, 1.165) is 17.9 Å². The molecular weight excluding hydrogens is 196 g/mol. The second-order valence-electron chi connectivity index (χ2n) is 5.83. The molecule has 1 aliphatic heterocycles. The van der Waals surface area contributed by atoms with Gasteiger partial charge >= 0.3 is 0 Å². The van der Waals surface area contributed by atoms with E-state index in [9.17, 15) is 0 Å². The highest BCUT2D eigenvalue weighted by Crippen LogP contribution is 2.32. The van der Waals surface area contributed by atoms with Crippen LogP contribution in [0.25, 0.3) is 0 Å². The van der Waals surface area contributed by atoms with Crippen molar-refractivity contribution in [1.82, 2.24) is 10.2 Å². The number of hydrogen-bond acceptors (Lipinski definition) is 2. The highest BCUT2D eigenvalue weighted by atomic mass is 15.2. The van der Waals surface area contributed by atoms with Gasteiger partial charge < -0.3 is 10.2 Å². The fourth-order valence-corrected chi connectivity index (χ4v) is 2.66. The quantitative estimate of drug-likeness (QED) is 0.772. The number of rotatable bonds is 5. The van der Waals surface area contributed by atoms with E-state index in [4.69, 9.17) is 0 Å². The standard InChI is InChI=1S/C14H28N2/c1-3-12(2)14-11-16(9-4-8-15-14)10-7-13-5-6-13/h12-15H,3-11H2,1-2H3. The van der Waals surface area contributed by atoms with Crippen molar-refractivity contribution in [2.45, 2.75) is 52.0 Å². The lowest BCUT2D eigenvalue weighted by Crippen LogP contribution is -2.42. The second kappa shape index (κ2) is 6.02. The van der Waals surface area contributed by atoms with E-state index in [0.29, 0.717) is 0 Å². The maximum absolute atomic E-state index is 3.72. The van der Waals surface area contributed by atoms with Crippen molar-refractivity contribution < 1.29 is 0 Å². The summed E-state index contributed by atoms with van der Waals surface area (Å²) in [4.78, 5) is 2.70. The van der Waals surface area contributed by atoms with Gasteiger partial charge in [0.25, 0.3) is 0 Å². The summed E-state index contributed by atoms with van der Waals surface area (Å²) < 4.78 is 0. The molecule has 1 N–H and O–H groups in total. The molecule has 0 radical (unpaired) electrons. The first-order valence-electron chi connectivity index (χ1n) is 7.25. The SMILES string of the molecule is CCC(C)C1CN(CCC2CC2)CCCN1. The first kappa shape index (κ1) is 12.4. The van der Waals surface area contributed by atoms with E-state index in [1.807, 2.05) is 0 Å². The maximum atomic E-state index is 3.72. The van der Waals surface area contributed by atoms with Crippen LogP contribution in [-0.4, -0.2) is 37.1 Å². The van der Waals surface area contributed by atoms with Gasteiger partial charge in [0.05, 0.1) is 0 Å². The Hall–Kier alpha value is -0.0800. The van der Waals surface area contributed by atoms with Crippen LogP contribution in [0.15, 0.2) is 0 Å². The maximum Gasteiger partial charge on any atom is 0.0220 e. The molecule has 0 aromatic heterocycles. The molecule has 2 fully saturated rings. The Kier molecular flexibility index (Phi) is 4.66. The van der Waals surface area contributed by atoms with Crippen molar-refractivity contribution in [2.75, 3.05) is 26.2 Å². The lowest BCUT2D eigenvalue weighted by Gasteiger charge is -2.28. The molecule has 0 aromatic rings. The highest BCUT2D eigenvalue weighted by Gasteiger charge is 2.25. The molecule has 0 amide bonds. The van der Waals surface area contributed by atoms with Crippen molar-refractivity contribution in [3.05, 3.63) is 0 Å². The average molecular weight is 224 g/mol. The molecule has 2 atom stereocenters. The van der Waals surface area contributed by atoms with Crippen molar-refractivity contribution in [3.63, 3.8) is 0 Å². The van der Waals surface area contributed by atoms with E-state index in [1.54, 1.807) is 0 Å². The Morgan fingerprint density at radius 1 is 1.38 bits per heavy atom. The van der Waals surface area contributed by atoms with Crippen LogP contribution in [0.1, 0.15) is 46.0 Å². The van der Waals surface area contributed by atoms with E-state index in [2.05, 4.69) is 24.1 Å². The van der Waals surface area contributed by atoms with Gasteiger partial charge in [0.1, 0.15) is 0 Å². The van der Waals surface area contributed by atoms with Crippen LogP contribution in [-0.2, 0) is 0 Å².